The quantitative estimate of drug-likeness (QED) is 0.395. The fourth-order valence-electron chi connectivity index (χ4n) is 2.99. The maximum atomic E-state index is 12.5. The summed E-state index contributed by atoms with van der Waals surface area (Å²) in [7, 11) is 0. The lowest BCUT2D eigenvalue weighted by atomic mass is 10.2. The average Bonchev–Trinajstić information content (AvgIpc) is 3.31. The van der Waals surface area contributed by atoms with Gasteiger partial charge >= 0.3 is 0 Å². The summed E-state index contributed by atoms with van der Waals surface area (Å²) in [4.78, 5) is 25.3. The van der Waals surface area contributed by atoms with Crippen LogP contribution in [0.4, 0.5) is 0 Å². The highest BCUT2D eigenvalue weighted by Crippen LogP contribution is 2.21. The number of rotatable bonds is 9. The molecule has 0 fully saturated rings. The van der Waals surface area contributed by atoms with E-state index in [2.05, 4.69) is 25.6 Å². The van der Waals surface area contributed by atoms with Crippen LogP contribution in [0, 0.1) is 0 Å². The molecule has 0 aliphatic rings. The first-order chi connectivity index (χ1) is 15.3. The maximum absolute atomic E-state index is 12.5. The van der Waals surface area contributed by atoms with Crippen LogP contribution in [0.2, 0.25) is 0 Å². The largest absolute Gasteiger partial charge is 0.473 e. The summed E-state index contributed by atoms with van der Waals surface area (Å²) in [5.41, 5.74) is 3.61. The molecule has 3 heterocycles. The van der Waals surface area contributed by atoms with Gasteiger partial charge in [-0.3, -0.25) is 9.78 Å². The SMILES string of the molecule is O=C(NCCCc1nc(-c2ccncc2)cs1)c1ccnc(OCc2ccccc2)c1. The third-order valence-electron chi connectivity index (χ3n) is 4.61. The van der Waals surface area contributed by atoms with Gasteiger partial charge in [-0.1, -0.05) is 30.3 Å². The van der Waals surface area contributed by atoms with Gasteiger partial charge in [0.15, 0.2) is 0 Å². The average molecular weight is 431 g/mol. The highest BCUT2D eigenvalue weighted by atomic mass is 32.1. The lowest BCUT2D eigenvalue weighted by molar-refractivity contribution is 0.0952. The zero-order valence-electron chi connectivity index (χ0n) is 16.9. The molecule has 4 aromatic rings. The topological polar surface area (TPSA) is 77.0 Å². The van der Waals surface area contributed by atoms with Crippen molar-refractivity contribution < 1.29 is 9.53 Å². The Morgan fingerprint density at radius 3 is 2.71 bits per heavy atom. The van der Waals surface area contributed by atoms with Gasteiger partial charge in [-0.05, 0) is 30.2 Å². The molecular formula is C24H22N4O2S. The number of aryl methyl sites for hydroxylation is 1. The van der Waals surface area contributed by atoms with Crippen LogP contribution < -0.4 is 10.1 Å². The van der Waals surface area contributed by atoms with Gasteiger partial charge < -0.3 is 10.1 Å². The zero-order valence-corrected chi connectivity index (χ0v) is 17.7. The number of carbonyl (C=O) groups excluding carboxylic acids is 1. The lowest BCUT2D eigenvalue weighted by Crippen LogP contribution is -2.24. The molecule has 31 heavy (non-hydrogen) atoms. The van der Waals surface area contributed by atoms with Crippen LogP contribution in [0.15, 0.2) is 78.6 Å². The van der Waals surface area contributed by atoms with Crippen LogP contribution in [0.5, 0.6) is 5.88 Å². The van der Waals surface area contributed by atoms with Gasteiger partial charge in [-0.2, -0.15) is 0 Å². The van der Waals surface area contributed by atoms with E-state index in [1.54, 1.807) is 42.1 Å². The molecule has 1 N–H and O–H groups in total. The highest BCUT2D eigenvalue weighted by Gasteiger charge is 2.08. The molecule has 0 aliphatic carbocycles. The monoisotopic (exact) mass is 430 g/mol. The number of benzene rings is 1. The van der Waals surface area contributed by atoms with Gasteiger partial charge in [0.25, 0.3) is 5.91 Å². The fourth-order valence-corrected chi connectivity index (χ4v) is 3.84. The van der Waals surface area contributed by atoms with Crippen molar-refractivity contribution in [3.63, 3.8) is 0 Å². The van der Waals surface area contributed by atoms with Crippen molar-refractivity contribution in [2.75, 3.05) is 6.54 Å². The van der Waals surface area contributed by atoms with E-state index in [9.17, 15) is 4.79 Å². The third kappa shape index (κ3) is 5.96. The number of amides is 1. The molecule has 0 unspecified atom stereocenters. The normalized spacial score (nSPS) is 10.6. The molecule has 1 amide bonds. The van der Waals surface area contributed by atoms with Gasteiger partial charge in [0.05, 0.1) is 10.7 Å². The second-order valence-corrected chi connectivity index (χ2v) is 7.82. The van der Waals surface area contributed by atoms with Crippen LogP contribution in [-0.2, 0) is 13.0 Å². The highest BCUT2D eigenvalue weighted by molar-refractivity contribution is 7.09. The third-order valence-corrected chi connectivity index (χ3v) is 5.52. The first-order valence-electron chi connectivity index (χ1n) is 10.0. The molecule has 0 spiro atoms. The Bertz CT molecular complexity index is 1120. The Hall–Kier alpha value is -3.58. The summed E-state index contributed by atoms with van der Waals surface area (Å²) in [6, 6.07) is 17.1. The van der Waals surface area contributed by atoms with E-state index in [1.165, 1.54) is 0 Å². The molecule has 0 saturated carbocycles. The van der Waals surface area contributed by atoms with Crippen molar-refractivity contribution >= 4 is 17.2 Å². The molecule has 6 nitrogen and oxygen atoms in total. The number of nitrogens with one attached hydrogen (secondary N) is 1. The lowest BCUT2D eigenvalue weighted by Gasteiger charge is -2.08. The summed E-state index contributed by atoms with van der Waals surface area (Å²) in [5, 5.41) is 6.06. The van der Waals surface area contributed by atoms with E-state index in [0.29, 0.717) is 24.6 Å². The van der Waals surface area contributed by atoms with Crippen LogP contribution in [0.3, 0.4) is 0 Å². The van der Waals surface area contributed by atoms with Gasteiger partial charge in [-0.15, -0.1) is 11.3 Å². The van der Waals surface area contributed by atoms with E-state index in [1.807, 2.05) is 42.5 Å². The second kappa shape index (κ2) is 10.4. The molecule has 156 valence electrons. The predicted molar refractivity (Wildman–Crippen MR) is 121 cm³/mol. The number of pyridine rings is 2. The Balaban J connectivity index is 1.23. The molecule has 0 radical (unpaired) electrons. The van der Waals surface area contributed by atoms with Crippen LogP contribution in [-0.4, -0.2) is 27.4 Å². The van der Waals surface area contributed by atoms with E-state index < -0.39 is 0 Å². The molecule has 4 rings (SSSR count). The summed E-state index contributed by atoms with van der Waals surface area (Å²) >= 11 is 1.64. The minimum Gasteiger partial charge on any atom is -0.473 e. The first kappa shape index (κ1) is 20.7. The van der Waals surface area contributed by atoms with Crippen molar-refractivity contribution in [2.45, 2.75) is 19.4 Å². The van der Waals surface area contributed by atoms with Crippen molar-refractivity contribution in [3.8, 4) is 17.1 Å². The van der Waals surface area contributed by atoms with Gasteiger partial charge in [0.2, 0.25) is 5.88 Å². The number of thiazole rings is 1. The molecule has 0 bridgehead atoms. The minimum absolute atomic E-state index is 0.136. The van der Waals surface area contributed by atoms with Crippen molar-refractivity contribution in [2.24, 2.45) is 0 Å². The van der Waals surface area contributed by atoms with Gasteiger partial charge in [-0.25, -0.2) is 9.97 Å². The standard InChI is InChI=1S/C24H22N4O2S/c29-24(20-10-14-26-22(15-20)30-16-18-5-2-1-3-6-18)27-11-4-7-23-28-21(17-31-23)19-8-12-25-13-9-19/h1-3,5-6,8-10,12-15,17H,4,7,11,16H2,(H,27,29). The minimum atomic E-state index is -0.136. The first-order valence-corrected chi connectivity index (χ1v) is 10.9. The Morgan fingerprint density at radius 2 is 1.87 bits per heavy atom. The molecule has 7 heteroatoms. The zero-order chi connectivity index (χ0) is 21.3. The van der Waals surface area contributed by atoms with Crippen molar-refractivity contribution in [3.05, 3.63) is 94.7 Å². The Kier molecular flexibility index (Phi) is 6.97. The molecule has 0 aliphatic heterocycles. The number of nitrogens with zero attached hydrogens (tertiary/aromatic N) is 3. The van der Waals surface area contributed by atoms with Crippen molar-refractivity contribution in [1.82, 2.24) is 20.3 Å². The number of ether oxygens (including phenoxy) is 1. The van der Waals surface area contributed by atoms with E-state index >= 15 is 0 Å². The summed E-state index contributed by atoms with van der Waals surface area (Å²) in [6.07, 6.45) is 6.75. The van der Waals surface area contributed by atoms with Crippen LogP contribution >= 0.6 is 11.3 Å². The predicted octanol–water partition coefficient (Wildman–Crippen LogP) is 4.54. The summed E-state index contributed by atoms with van der Waals surface area (Å²) < 4.78 is 5.70. The van der Waals surface area contributed by atoms with Crippen LogP contribution in [0.25, 0.3) is 11.3 Å². The second-order valence-electron chi connectivity index (χ2n) is 6.88. The maximum Gasteiger partial charge on any atom is 0.251 e. The van der Waals surface area contributed by atoms with Gasteiger partial charge in [0, 0.05) is 54.1 Å². The smallest absolute Gasteiger partial charge is 0.251 e. The van der Waals surface area contributed by atoms with E-state index in [0.717, 1.165) is 34.7 Å². The summed E-state index contributed by atoms with van der Waals surface area (Å²) in [6.45, 7) is 0.986. The van der Waals surface area contributed by atoms with Gasteiger partial charge in [0.1, 0.15) is 6.61 Å². The Morgan fingerprint density at radius 1 is 1.03 bits per heavy atom. The van der Waals surface area contributed by atoms with Crippen molar-refractivity contribution in [1.29, 1.82) is 0 Å². The Labute approximate surface area is 185 Å². The number of carbonyl (C=O) groups is 1. The molecule has 3 aromatic heterocycles. The van der Waals surface area contributed by atoms with E-state index in [-0.39, 0.29) is 5.91 Å². The molecular weight excluding hydrogens is 408 g/mol. The number of aromatic nitrogens is 3. The van der Waals surface area contributed by atoms with E-state index in [4.69, 9.17) is 4.74 Å². The summed E-state index contributed by atoms with van der Waals surface area (Å²) in [5.74, 6) is 0.298. The van der Waals surface area contributed by atoms with Crippen LogP contribution in [0.1, 0.15) is 27.3 Å². The fraction of sp³-hybridized carbons (Fsp3) is 0.167. The molecule has 0 atom stereocenters. The molecule has 0 saturated heterocycles. The number of hydrogen-bond acceptors (Lipinski definition) is 6. The number of hydrogen-bond donors (Lipinski definition) is 1. The molecule has 1 aromatic carbocycles.